The highest BCUT2D eigenvalue weighted by atomic mass is 79.9. The Balaban J connectivity index is 1.97. The molecule has 110 valence electrons. The van der Waals surface area contributed by atoms with Gasteiger partial charge in [0, 0.05) is 20.7 Å². The maximum Gasteiger partial charge on any atom is 0.234 e. The van der Waals surface area contributed by atoms with Gasteiger partial charge in [0.15, 0.2) is 0 Å². The van der Waals surface area contributed by atoms with Gasteiger partial charge in [-0.25, -0.2) is 0 Å². The molecule has 0 fully saturated rings. The van der Waals surface area contributed by atoms with Crippen LogP contribution in [0.2, 0.25) is 5.02 Å². The van der Waals surface area contributed by atoms with Crippen molar-refractivity contribution >= 4 is 56.6 Å². The topological polar surface area (TPSA) is 55.1 Å². The fourth-order valence-electron chi connectivity index (χ4n) is 1.74. The Bertz CT molecular complexity index is 658. The van der Waals surface area contributed by atoms with E-state index in [9.17, 15) is 4.79 Å². The molecule has 0 bridgehead atoms. The average molecular weight is 386 g/mol. The molecular formula is C15H14BrClN2OS. The fraction of sp³-hybridized carbons (Fsp3) is 0.133. The summed E-state index contributed by atoms with van der Waals surface area (Å²) in [5.74, 6) is 0.157. The molecule has 0 aliphatic carbocycles. The zero-order valence-corrected chi connectivity index (χ0v) is 14.5. The Morgan fingerprint density at radius 1 is 1.38 bits per heavy atom. The Hall–Kier alpha value is -1.17. The Kier molecular flexibility index (Phi) is 5.56. The molecular weight excluding hydrogens is 372 g/mol. The lowest BCUT2D eigenvalue weighted by Gasteiger charge is -2.09. The molecule has 0 atom stereocenters. The SMILES string of the molecule is Cc1cc(NC(=O)CSc2c(N)cccc2Cl)ccc1Br. The minimum atomic E-state index is -0.0963. The van der Waals surface area contributed by atoms with Crippen LogP contribution in [0.1, 0.15) is 5.56 Å². The number of amides is 1. The molecule has 3 N–H and O–H groups in total. The van der Waals surface area contributed by atoms with E-state index in [-0.39, 0.29) is 11.7 Å². The van der Waals surface area contributed by atoms with Crippen molar-refractivity contribution in [2.24, 2.45) is 0 Å². The molecule has 0 saturated heterocycles. The molecule has 2 aromatic carbocycles. The second kappa shape index (κ2) is 7.20. The van der Waals surface area contributed by atoms with E-state index in [4.69, 9.17) is 17.3 Å². The predicted molar refractivity (Wildman–Crippen MR) is 94.1 cm³/mol. The number of carbonyl (C=O) groups excluding carboxylic acids is 1. The molecule has 0 heterocycles. The fourth-order valence-corrected chi connectivity index (χ4v) is 3.12. The molecule has 0 aliphatic rings. The van der Waals surface area contributed by atoms with Crippen LogP contribution >= 0.6 is 39.3 Å². The van der Waals surface area contributed by atoms with E-state index in [1.165, 1.54) is 11.8 Å². The molecule has 0 spiro atoms. The zero-order valence-electron chi connectivity index (χ0n) is 11.3. The maximum absolute atomic E-state index is 12.0. The summed E-state index contributed by atoms with van der Waals surface area (Å²) in [4.78, 5) is 12.7. The highest BCUT2D eigenvalue weighted by Crippen LogP contribution is 2.32. The smallest absolute Gasteiger partial charge is 0.234 e. The van der Waals surface area contributed by atoms with Gasteiger partial charge in [-0.3, -0.25) is 4.79 Å². The van der Waals surface area contributed by atoms with Crippen molar-refractivity contribution in [2.75, 3.05) is 16.8 Å². The van der Waals surface area contributed by atoms with E-state index in [1.807, 2.05) is 25.1 Å². The van der Waals surface area contributed by atoms with Crippen LogP contribution in [0.15, 0.2) is 45.8 Å². The highest BCUT2D eigenvalue weighted by molar-refractivity contribution is 9.10. The monoisotopic (exact) mass is 384 g/mol. The van der Waals surface area contributed by atoms with Gasteiger partial charge < -0.3 is 11.1 Å². The molecule has 2 rings (SSSR count). The lowest BCUT2D eigenvalue weighted by molar-refractivity contribution is -0.113. The first-order valence-corrected chi connectivity index (χ1v) is 8.36. The van der Waals surface area contributed by atoms with Crippen LogP contribution in [0.4, 0.5) is 11.4 Å². The third-order valence-corrected chi connectivity index (χ3v) is 5.25. The summed E-state index contributed by atoms with van der Waals surface area (Å²) in [5.41, 5.74) is 8.27. The van der Waals surface area contributed by atoms with Gasteiger partial charge in [-0.1, -0.05) is 33.6 Å². The number of halogens is 2. The molecule has 0 aromatic heterocycles. The summed E-state index contributed by atoms with van der Waals surface area (Å²) < 4.78 is 1.01. The number of carbonyl (C=O) groups is 1. The van der Waals surface area contributed by atoms with Crippen LogP contribution in [-0.4, -0.2) is 11.7 Å². The summed E-state index contributed by atoms with van der Waals surface area (Å²) >= 11 is 10.8. The quantitative estimate of drug-likeness (QED) is 0.591. The molecule has 0 unspecified atom stereocenters. The number of aryl methyl sites for hydroxylation is 1. The van der Waals surface area contributed by atoms with E-state index >= 15 is 0 Å². The Labute approximate surface area is 141 Å². The molecule has 2 aromatic rings. The molecule has 6 heteroatoms. The van der Waals surface area contributed by atoms with Gasteiger partial charge in [0.05, 0.1) is 10.8 Å². The molecule has 3 nitrogen and oxygen atoms in total. The van der Waals surface area contributed by atoms with Crippen LogP contribution in [0.25, 0.3) is 0 Å². The van der Waals surface area contributed by atoms with Gasteiger partial charge in [-0.05, 0) is 42.8 Å². The largest absolute Gasteiger partial charge is 0.398 e. The minimum Gasteiger partial charge on any atom is -0.398 e. The van der Waals surface area contributed by atoms with Crippen LogP contribution in [0.5, 0.6) is 0 Å². The van der Waals surface area contributed by atoms with Crippen molar-refractivity contribution in [1.29, 1.82) is 0 Å². The van der Waals surface area contributed by atoms with Crippen molar-refractivity contribution in [3.8, 4) is 0 Å². The number of benzene rings is 2. The number of rotatable bonds is 4. The summed E-state index contributed by atoms with van der Waals surface area (Å²) in [6.07, 6.45) is 0. The number of nitrogen functional groups attached to an aromatic ring is 1. The normalized spacial score (nSPS) is 10.4. The molecule has 1 amide bonds. The van der Waals surface area contributed by atoms with Crippen molar-refractivity contribution in [2.45, 2.75) is 11.8 Å². The number of nitrogens with two attached hydrogens (primary N) is 1. The predicted octanol–water partition coefficient (Wildman–Crippen LogP) is 4.72. The summed E-state index contributed by atoms with van der Waals surface area (Å²) in [7, 11) is 0. The lowest BCUT2D eigenvalue weighted by Crippen LogP contribution is -2.14. The first-order valence-electron chi connectivity index (χ1n) is 6.20. The number of hydrogen-bond acceptors (Lipinski definition) is 3. The van der Waals surface area contributed by atoms with Crippen molar-refractivity contribution in [3.05, 3.63) is 51.5 Å². The van der Waals surface area contributed by atoms with Crippen molar-refractivity contribution in [1.82, 2.24) is 0 Å². The number of anilines is 2. The molecule has 0 aliphatic heterocycles. The number of hydrogen-bond donors (Lipinski definition) is 2. The van der Waals surface area contributed by atoms with Gasteiger partial charge in [0.1, 0.15) is 0 Å². The van der Waals surface area contributed by atoms with E-state index in [0.717, 1.165) is 20.6 Å². The maximum atomic E-state index is 12.0. The van der Waals surface area contributed by atoms with Crippen molar-refractivity contribution in [3.63, 3.8) is 0 Å². The summed E-state index contributed by atoms with van der Waals surface area (Å²) in [6.45, 7) is 1.97. The minimum absolute atomic E-state index is 0.0963. The van der Waals surface area contributed by atoms with Crippen LogP contribution < -0.4 is 11.1 Å². The van der Waals surface area contributed by atoms with Crippen LogP contribution in [-0.2, 0) is 4.79 Å². The Morgan fingerprint density at radius 2 is 2.14 bits per heavy atom. The van der Waals surface area contributed by atoms with Gasteiger partial charge in [0.25, 0.3) is 0 Å². The van der Waals surface area contributed by atoms with Gasteiger partial charge >= 0.3 is 0 Å². The second-order valence-electron chi connectivity index (χ2n) is 4.46. The Morgan fingerprint density at radius 3 is 2.81 bits per heavy atom. The number of thioether (sulfide) groups is 1. The average Bonchev–Trinajstić information content (AvgIpc) is 2.42. The molecule has 0 radical (unpaired) electrons. The van der Waals surface area contributed by atoms with Crippen molar-refractivity contribution < 1.29 is 4.79 Å². The van der Waals surface area contributed by atoms with Crippen LogP contribution in [0, 0.1) is 6.92 Å². The van der Waals surface area contributed by atoms with Gasteiger partial charge in [-0.15, -0.1) is 11.8 Å². The second-order valence-corrected chi connectivity index (χ2v) is 6.71. The van der Waals surface area contributed by atoms with Crippen LogP contribution in [0.3, 0.4) is 0 Å². The van der Waals surface area contributed by atoms with E-state index in [1.54, 1.807) is 18.2 Å². The van der Waals surface area contributed by atoms with E-state index in [2.05, 4.69) is 21.2 Å². The zero-order chi connectivity index (χ0) is 15.4. The third kappa shape index (κ3) is 4.40. The van der Waals surface area contributed by atoms with Gasteiger partial charge in [-0.2, -0.15) is 0 Å². The van der Waals surface area contributed by atoms with Gasteiger partial charge in [0.2, 0.25) is 5.91 Å². The van der Waals surface area contributed by atoms with E-state index < -0.39 is 0 Å². The number of nitrogens with one attached hydrogen (secondary N) is 1. The molecule has 21 heavy (non-hydrogen) atoms. The third-order valence-electron chi connectivity index (χ3n) is 2.79. The standard InChI is InChI=1S/C15H14BrClN2OS/c1-9-7-10(5-6-11(9)16)19-14(20)8-21-15-12(17)3-2-4-13(15)18/h2-7H,8,18H2,1H3,(H,19,20). The van der Waals surface area contributed by atoms with E-state index in [0.29, 0.717) is 10.7 Å². The lowest BCUT2D eigenvalue weighted by atomic mass is 10.2. The summed E-state index contributed by atoms with van der Waals surface area (Å²) in [6, 6.07) is 11.0. The first kappa shape index (κ1) is 16.2. The molecule has 0 saturated carbocycles. The summed E-state index contributed by atoms with van der Waals surface area (Å²) in [5, 5.41) is 3.42. The highest BCUT2D eigenvalue weighted by Gasteiger charge is 2.09. The first-order chi connectivity index (χ1) is 9.97.